The lowest BCUT2D eigenvalue weighted by atomic mass is 9.82. The van der Waals surface area contributed by atoms with Gasteiger partial charge in [0.2, 0.25) is 0 Å². The summed E-state index contributed by atoms with van der Waals surface area (Å²) in [5, 5.41) is 12.1. The van der Waals surface area contributed by atoms with E-state index in [4.69, 9.17) is 0 Å². The zero-order valence-corrected chi connectivity index (χ0v) is 27.7. The summed E-state index contributed by atoms with van der Waals surface area (Å²) in [5.41, 5.74) is 10.5. The fraction of sp³-hybridized carbons (Fsp3) is 0. The van der Waals surface area contributed by atoms with Crippen molar-refractivity contribution in [1.82, 2.24) is 0 Å². The van der Waals surface area contributed by atoms with Crippen molar-refractivity contribution in [3.8, 4) is 44.5 Å². The number of hydrogen-bond acceptors (Lipinski definition) is 0. The number of benzene rings is 9. The van der Waals surface area contributed by atoms with Gasteiger partial charge in [-0.05, 0) is 101 Å². The van der Waals surface area contributed by atoms with Crippen LogP contribution in [0.25, 0.3) is 76.8 Å². The van der Waals surface area contributed by atoms with Gasteiger partial charge in [-0.2, -0.15) is 0 Å². The van der Waals surface area contributed by atoms with E-state index in [0.29, 0.717) is 0 Å². The van der Waals surface area contributed by atoms with Gasteiger partial charge in [0, 0.05) is 0 Å². The van der Waals surface area contributed by atoms with E-state index in [9.17, 15) is 0 Å². The predicted octanol–water partition coefficient (Wildman–Crippen LogP) is 11.9. The molecule has 1 heteroatoms. The summed E-state index contributed by atoms with van der Waals surface area (Å²) in [6.07, 6.45) is 0. The van der Waals surface area contributed by atoms with Crippen molar-refractivity contribution in [1.29, 1.82) is 0 Å². The normalized spacial score (nSPS) is 12.4. The lowest BCUT2D eigenvalue weighted by Crippen LogP contribution is -2.22. The molecule has 1 atom stereocenters. The minimum atomic E-state index is -0.853. The smallest absolute Gasteiger partial charge is 0.000741 e. The van der Waals surface area contributed by atoms with Gasteiger partial charge in [-0.25, -0.2) is 0 Å². The first-order valence-corrected chi connectivity index (χ1v) is 18.3. The first-order valence-electron chi connectivity index (χ1n) is 17.0. The predicted molar refractivity (Wildman–Crippen MR) is 213 cm³/mol. The van der Waals surface area contributed by atoms with Gasteiger partial charge < -0.3 is 0 Å². The molecule has 1 unspecified atom stereocenters. The summed E-state index contributed by atoms with van der Waals surface area (Å²) >= 11 is 0. The highest BCUT2D eigenvalue weighted by atomic mass is 31.1. The van der Waals surface area contributed by atoms with E-state index in [-0.39, 0.29) is 0 Å². The molecule has 10 rings (SSSR count). The second-order valence-electron chi connectivity index (χ2n) is 12.8. The fourth-order valence-corrected chi connectivity index (χ4v) is 10.8. The zero-order chi connectivity index (χ0) is 32.3. The quantitative estimate of drug-likeness (QED) is 0.165. The monoisotopic (exact) mass is 638 g/mol. The van der Waals surface area contributed by atoms with Crippen LogP contribution in [-0.4, -0.2) is 0 Å². The summed E-state index contributed by atoms with van der Waals surface area (Å²) in [4.78, 5) is 0. The van der Waals surface area contributed by atoms with Gasteiger partial charge >= 0.3 is 0 Å². The molecule has 1 aliphatic carbocycles. The van der Waals surface area contributed by atoms with Gasteiger partial charge in [-0.1, -0.05) is 188 Å². The Morgan fingerprint density at radius 2 is 0.755 bits per heavy atom. The molecule has 0 N–H and O–H groups in total. The van der Waals surface area contributed by atoms with E-state index in [2.05, 4.69) is 188 Å². The summed E-state index contributed by atoms with van der Waals surface area (Å²) in [5.74, 6) is 0. The number of hydrogen-bond donors (Lipinski definition) is 0. The van der Waals surface area contributed by atoms with Crippen molar-refractivity contribution in [3.63, 3.8) is 0 Å². The Bertz CT molecular complexity index is 2600. The van der Waals surface area contributed by atoms with Crippen molar-refractivity contribution < 1.29 is 0 Å². The topological polar surface area (TPSA) is 0 Å². The summed E-state index contributed by atoms with van der Waals surface area (Å²) in [6, 6.07) is 69.7. The van der Waals surface area contributed by atoms with E-state index in [1.165, 1.54) is 92.7 Å². The maximum atomic E-state index is 2.45. The Labute approximate surface area is 287 Å². The Kier molecular flexibility index (Phi) is 6.57. The lowest BCUT2D eigenvalue weighted by Gasteiger charge is -2.23. The van der Waals surface area contributed by atoms with Crippen LogP contribution >= 0.6 is 7.92 Å². The molecule has 0 aromatic heterocycles. The van der Waals surface area contributed by atoms with E-state index < -0.39 is 7.92 Å². The molecule has 0 saturated heterocycles. The van der Waals surface area contributed by atoms with Crippen LogP contribution in [0.5, 0.6) is 0 Å². The molecule has 0 aliphatic heterocycles. The van der Waals surface area contributed by atoms with Crippen LogP contribution in [0.1, 0.15) is 0 Å². The Morgan fingerprint density at radius 1 is 0.286 bits per heavy atom. The van der Waals surface area contributed by atoms with Gasteiger partial charge in [-0.3, -0.25) is 0 Å². The first kappa shape index (κ1) is 28.2. The molecule has 9 aromatic rings. The van der Waals surface area contributed by atoms with Crippen molar-refractivity contribution in [3.05, 3.63) is 188 Å². The highest BCUT2D eigenvalue weighted by molar-refractivity contribution is 7.80. The van der Waals surface area contributed by atoms with Crippen molar-refractivity contribution in [2.24, 2.45) is 0 Å². The largest absolute Gasteiger partial charge is 0.0622 e. The molecule has 0 saturated carbocycles. The molecule has 0 radical (unpaired) electrons. The molecule has 0 spiro atoms. The molecule has 0 nitrogen and oxygen atoms in total. The summed E-state index contributed by atoms with van der Waals surface area (Å²) < 4.78 is 0. The fourth-order valence-electron chi connectivity index (χ4n) is 8.18. The van der Waals surface area contributed by atoms with Gasteiger partial charge in [0.15, 0.2) is 0 Å². The molecule has 0 bridgehead atoms. The maximum Gasteiger partial charge on any atom is -0.000741 e. The van der Waals surface area contributed by atoms with E-state index >= 15 is 0 Å². The highest BCUT2D eigenvalue weighted by Gasteiger charge is 2.32. The van der Waals surface area contributed by atoms with Gasteiger partial charge in [0.1, 0.15) is 0 Å². The van der Waals surface area contributed by atoms with Crippen molar-refractivity contribution in [2.75, 3.05) is 0 Å². The molecular formula is C48H31P. The molecular weight excluding hydrogens is 608 g/mol. The molecule has 228 valence electrons. The summed E-state index contributed by atoms with van der Waals surface area (Å²) in [6.45, 7) is 0. The van der Waals surface area contributed by atoms with Crippen molar-refractivity contribution >= 4 is 56.2 Å². The third-order valence-electron chi connectivity index (χ3n) is 10.2. The van der Waals surface area contributed by atoms with E-state index in [1.807, 2.05) is 0 Å². The Balaban J connectivity index is 1.34. The first-order chi connectivity index (χ1) is 24.4. The molecule has 0 heterocycles. The zero-order valence-electron chi connectivity index (χ0n) is 26.8. The van der Waals surface area contributed by atoms with Crippen LogP contribution in [0.4, 0.5) is 0 Å². The van der Waals surface area contributed by atoms with Crippen LogP contribution in [0.15, 0.2) is 188 Å². The van der Waals surface area contributed by atoms with Gasteiger partial charge in [0.05, 0.1) is 0 Å². The standard InChI is InChI=1S/C48H31P/c1-4-17-33(18-5-1)44-37-25-12-13-26-38(37)45(34-19-6-2-7-20-34)48-41-30-31-43(39-27-15-28-40(46(39)41)47(44)48)49(35-22-8-3-9-23-35)42-29-14-21-32-16-10-11-24-36(32)42/h1-31H. The van der Waals surface area contributed by atoms with Crippen molar-refractivity contribution in [2.45, 2.75) is 0 Å². The van der Waals surface area contributed by atoms with E-state index in [0.717, 1.165) is 0 Å². The SMILES string of the molecule is c1ccc(-c2c3c(c(-c4ccccc4)c4ccccc24)-c2ccc(P(c4ccccc4)c4cccc5ccccc45)c4cccc-3c24)cc1. The van der Waals surface area contributed by atoms with E-state index in [1.54, 1.807) is 0 Å². The summed E-state index contributed by atoms with van der Waals surface area (Å²) in [7, 11) is -0.853. The maximum absolute atomic E-state index is 2.45. The lowest BCUT2D eigenvalue weighted by molar-refractivity contribution is 1.62. The van der Waals surface area contributed by atoms with Gasteiger partial charge in [0.25, 0.3) is 0 Å². The average molecular weight is 639 g/mol. The number of rotatable bonds is 5. The second-order valence-corrected chi connectivity index (χ2v) is 15.0. The molecule has 0 amide bonds. The minimum absolute atomic E-state index is 0.853. The third-order valence-corrected chi connectivity index (χ3v) is 12.7. The molecule has 1 aliphatic rings. The Morgan fingerprint density at radius 3 is 1.41 bits per heavy atom. The van der Waals surface area contributed by atoms with Crippen LogP contribution in [0, 0.1) is 0 Å². The minimum Gasteiger partial charge on any atom is -0.0622 e. The van der Waals surface area contributed by atoms with Crippen LogP contribution in [0.3, 0.4) is 0 Å². The third kappa shape index (κ3) is 4.35. The molecule has 0 fully saturated rings. The van der Waals surface area contributed by atoms with Crippen LogP contribution in [0.2, 0.25) is 0 Å². The van der Waals surface area contributed by atoms with Crippen LogP contribution in [-0.2, 0) is 0 Å². The number of fused-ring (bicyclic) bond motifs is 5. The van der Waals surface area contributed by atoms with Crippen LogP contribution < -0.4 is 15.9 Å². The molecule has 9 aromatic carbocycles. The second kappa shape index (κ2) is 11.4. The average Bonchev–Trinajstić information content (AvgIpc) is 3.50. The highest BCUT2D eigenvalue weighted by Crippen LogP contribution is 2.58. The molecule has 49 heavy (non-hydrogen) atoms. The Hall–Kier alpha value is -5.81. The van der Waals surface area contributed by atoms with Gasteiger partial charge in [-0.15, -0.1) is 0 Å².